The number of aromatic hydroxyl groups is 1. The van der Waals surface area contributed by atoms with Crippen LogP contribution in [0.3, 0.4) is 0 Å². The van der Waals surface area contributed by atoms with Crippen molar-refractivity contribution in [1.29, 1.82) is 0 Å². The van der Waals surface area contributed by atoms with E-state index < -0.39 is 0 Å². The molecule has 0 radical (unpaired) electrons. The molecule has 0 saturated carbocycles. The Kier molecular flexibility index (Phi) is 2.63. The molecule has 0 unspecified atom stereocenters. The SMILES string of the molecule is OCc1cc2c(CCl)cc(O)cc2s1. The number of hydrogen-bond acceptors (Lipinski definition) is 3. The molecule has 74 valence electrons. The van der Waals surface area contributed by atoms with E-state index in [4.69, 9.17) is 16.7 Å². The zero-order chi connectivity index (χ0) is 10.1. The fraction of sp³-hybridized carbons (Fsp3) is 0.200. The highest BCUT2D eigenvalue weighted by molar-refractivity contribution is 7.19. The Morgan fingerprint density at radius 2 is 2.07 bits per heavy atom. The van der Waals surface area contributed by atoms with E-state index in [2.05, 4.69) is 0 Å². The van der Waals surface area contributed by atoms with E-state index in [9.17, 15) is 5.11 Å². The normalized spacial score (nSPS) is 11.0. The standard InChI is InChI=1S/C10H9ClO2S/c11-4-6-1-7(13)2-10-9(6)3-8(5-12)14-10/h1-3,12-13H,4-5H2. The Morgan fingerprint density at radius 1 is 1.29 bits per heavy atom. The van der Waals surface area contributed by atoms with Gasteiger partial charge in [0.15, 0.2) is 0 Å². The van der Waals surface area contributed by atoms with Gasteiger partial charge in [0.1, 0.15) is 5.75 Å². The number of benzene rings is 1. The van der Waals surface area contributed by atoms with Crippen LogP contribution >= 0.6 is 22.9 Å². The van der Waals surface area contributed by atoms with Crippen molar-refractivity contribution in [3.63, 3.8) is 0 Å². The van der Waals surface area contributed by atoms with Gasteiger partial charge in [0.25, 0.3) is 0 Å². The Morgan fingerprint density at radius 3 is 2.71 bits per heavy atom. The van der Waals surface area contributed by atoms with Crippen LogP contribution < -0.4 is 0 Å². The van der Waals surface area contributed by atoms with E-state index in [0.717, 1.165) is 20.5 Å². The van der Waals surface area contributed by atoms with Crippen LogP contribution in [0.1, 0.15) is 10.4 Å². The minimum absolute atomic E-state index is 0.0296. The molecule has 0 saturated heterocycles. The third kappa shape index (κ3) is 1.59. The molecule has 1 aromatic carbocycles. The van der Waals surface area contributed by atoms with Gasteiger partial charge in [-0.15, -0.1) is 22.9 Å². The van der Waals surface area contributed by atoms with Crippen molar-refractivity contribution in [2.24, 2.45) is 0 Å². The zero-order valence-electron chi connectivity index (χ0n) is 7.33. The van der Waals surface area contributed by atoms with Crippen LogP contribution in [0, 0.1) is 0 Å². The molecule has 4 heteroatoms. The van der Waals surface area contributed by atoms with Gasteiger partial charge in [0.2, 0.25) is 0 Å². The third-order valence-corrected chi connectivity index (χ3v) is 3.41. The summed E-state index contributed by atoms with van der Waals surface area (Å²) in [6.07, 6.45) is 0. The molecule has 2 aromatic rings. The van der Waals surface area contributed by atoms with Gasteiger partial charge in [0, 0.05) is 15.5 Å². The summed E-state index contributed by atoms with van der Waals surface area (Å²) >= 11 is 7.23. The topological polar surface area (TPSA) is 40.5 Å². The Labute approximate surface area is 90.4 Å². The zero-order valence-corrected chi connectivity index (χ0v) is 8.90. The lowest BCUT2D eigenvalue weighted by atomic mass is 10.1. The van der Waals surface area contributed by atoms with Gasteiger partial charge >= 0.3 is 0 Å². The van der Waals surface area contributed by atoms with E-state index in [-0.39, 0.29) is 12.4 Å². The second kappa shape index (κ2) is 3.77. The summed E-state index contributed by atoms with van der Waals surface area (Å²) in [6.45, 7) is 0.0296. The maximum absolute atomic E-state index is 9.41. The number of phenols is 1. The van der Waals surface area contributed by atoms with Crippen LogP contribution in [0.25, 0.3) is 10.1 Å². The second-order valence-corrected chi connectivity index (χ2v) is 4.46. The van der Waals surface area contributed by atoms with Crippen molar-refractivity contribution in [3.8, 4) is 5.75 Å². The first kappa shape index (κ1) is 9.77. The van der Waals surface area contributed by atoms with E-state index in [0.29, 0.717) is 5.88 Å². The molecule has 0 aliphatic rings. The quantitative estimate of drug-likeness (QED) is 0.776. The Bertz CT molecular complexity index is 464. The highest BCUT2D eigenvalue weighted by Gasteiger charge is 2.07. The van der Waals surface area contributed by atoms with E-state index >= 15 is 0 Å². The number of halogens is 1. The lowest BCUT2D eigenvalue weighted by Crippen LogP contribution is -1.78. The summed E-state index contributed by atoms with van der Waals surface area (Å²) in [4.78, 5) is 0.886. The van der Waals surface area contributed by atoms with Gasteiger partial charge in [-0.2, -0.15) is 0 Å². The highest BCUT2D eigenvalue weighted by atomic mass is 35.5. The molecule has 1 heterocycles. The molecular formula is C10H9ClO2S. The summed E-state index contributed by atoms with van der Waals surface area (Å²) in [5, 5.41) is 19.4. The van der Waals surface area contributed by atoms with Gasteiger partial charge in [-0.05, 0) is 29.1 Å². The molecule has 0 aliphatic carbocycles. The van der Waals surface area contributed by atoms with Crippen molar-refractivity contribution >= 4 is 33.0 Å². The number of phenolic OH excluding ortho intramolecular Hbond substituents is 1. The van der Waals surface area contributed by atoms with Crippen LogP contribution in [0.15, 0.2) is 18.2 Å². The number of aliphatic hydroxyl groups excluding tert-OH is 1. The lowest BCUT2D eigenvalue weighted by Gasteiger charge is -1.99. The van der Waals surface area contributed by atoms with E-state index in [1.807, 2.05) is 6.07 Å². The first-order valence-corrected chi connectivity index (χ1v) is 5.51. The first-order chi connectivity index (χ1) is 6.74. The predicted molar refractivity (Wildman–Crippen MR) is 59.0 cm³/mol. The van der Waals surface area contributed by atoms with Crippen LogP contribution in [0.4, 0.5) is 0 Å². The van der Waals surface area contributed by atoms with Crippen LogP contribution in [-0.2, 0) is 12.5 Å². The van der Waals surface area contributed by atoms with Crippen molar-refractivity contribution in [1.82, 2.24) is 0 Å². The fourth-order valence-electron chi connectivity index (χ4n) is 1.44. The molecule has 0 aliphatic heterocycles. The number of thiophene rings is 1. The average molecular weight is 229 g/mol. The summed E-state index contributed by atoms with van der Waals surface area (Å²) < 4.78 is 0.963. The minimum atomic E-state index is 0.0296. The number of hydrogen-bond donors (Lipinski definition) is 2. The van der Waals surface area contributed by atoms with E-state index in [1.54, 1.807) is 12.1 Å². The molecule has 2 rings (SSSR count). The molecule has 0 amide bonds. The summed E-state index contributed by atoms with van der Waals surface area (Å²) in [7, 11) is 0. The largest absolute Gasteiger partial charge is 0.508 e. The second-order valence-electron chi connectivity index (χ2n) is 3.02. The van der Waals surface area contributed by atoms with Gasteiger partial charge in [0.05, 0.1) is 6.61 Å². The average Bonchev–Trinajstić information content (AvgIpc) is 2.59. The minimum Gasteiger partial charge on any atom is -0.508 e. The van der Waals surface area contributed by atoms with Crippen LogP contribution in [0.5, 0.6) is 5.75 Å². The molecule has 2 N–H and O–H groups in total. The van der Waals surface area contributed by atoms with Gasteiger partial charge in [-0.25, -0.2) is 0 Å². The van der Waals surface area contributed by atoms with Crippen molar-refractivity contribution in [2.45, 2.75) is 12.5 Å². The molecule has 1 aromatic heterocycles. The number of fused-ring (bicyclic) bond motifs is 1. The van der Waals surface area contributed by atoms with Crippen molar-refractivity contribution in [3.05, 3.63) is 28.6 Å². The number of rotatable bonds is 2. The molecule has 0 atom stereocenters. The Balaban J connectivity index is 2.71. The van der Waals surface area contributed by atoms with Gasteiger partial charge in [-0.1, -0.05) is 0 Å². The van der Waals surface area contributed by atoms with Crippen LogP contribution in [0.2, 0.25) is 0 Å². The lowest BCUT2D eigenvalue weighted by molar-refractivity contribution is 0.285. The van der Waals surface area contributed by atoms with Crippen molar-refractivity contribution < 1.29 is 10.2 Å². The molecule has 0 fully saturated rings. The summed E-state index contributed by atoms with van der Waals surface area (Å²) in [5.74, 6) is 0.589. The summed E-state index contributed by atoms with van der Waals surface area (Å²) in [5.41, 5.74) is 0.901. The molecule has 14 heavy (non-hydrogen) atoms. The monoisotopic (exact) mass is 228 g/mol. The summed E-state index contributed by atoms with van der Waals surface area (Å²) in [6, 6.07) is 5.26. The fourth-order valence-corrected chi connectivity index (χ4v) is 2.66. The van der Waals surface area contributed by atoms with Crippen molar-refractivity contribution in [2.75, 3.05) is 0 Å². The molecule has 2 nitrogen and oxygen atoms in total. The smallest absolute Gasteiger partial charge is 0.117 e. The van der Waals surface area contributed by atoms with Gasteiger partial charge < -0.3 is 10.2 Å². The number of aliphatic hydroxyl groups is 1. The van der Waals surface area contributed by atoms with E-state index in [1.165, 1.54) is 11.3 Å². The highest BCUT2D eigenvalue weighted by Crippen LogP contribution is 2.32. The van der Waals surface area contributed by atoms with Crippen LogP contribution in [-0.4, -0.2) is 10.2 Å². The predicted octanol–water partition coefficient (Wildman–Crippen LogP) is 2.84. The molecular weight excluding hydrogens is 220 g/mol. The third-order valence-electron chi connectivity index (χ3n) is 2.06. The maximum Gasteiger partial charge on any atom is 0.117 e. The number of alkyl halides is 1. The first-order valence-electron chi connectivity index (χ1n) is 4.15. The van der Waals surface area contributed by atoms with Gasteiger partial charge in [-0.3, -0.25) is 0 Å². The maximum atomic E-state index is 9.41. The molecule has 0 bridgehead atoms. The Hall–Kier alpha value is -0.770. The molecule has 0 spiro atoms.